The summed E-state index contributed by atoms with van der Waals surface area (Å²) in [6, 6.07) is 7.52. The van der Waals surface area contributed by atoms with Crippen LogP contribution in [0.4, 0.5) is 10.7 Å². The standard InChI is InChI=1S/C12H11N5O3S/c1-17-11(14-10(16-17)15-12(18)19)21-6-9-13-7-4-2-3-5-8(7)20-9/h2-5H,6H2,1H3,(H,15,16)(H,18,19). The van der Waals surface area contributed by atoms with Crippen molar-refractivity contribution in [2.45, 2.75) is 10.9 Å². The van der Waals surface area contributed by atoms with E-state index in [0.717, 1.165) is 11.1 Å². The fraction of sp³-hybridized carbons (Fsp3) is 0.167. The number of oxazole rings is 1. The minimum absolute atomic E-state index is 0.0464. The van der Waals surface area contributed by atoms with Gasteiger partial charge in [0.2, 0.25) is 5.89 Å². The monoisotopic (exact) mass is 305 g/mol. The highest BCUT2D eigenvalue weighted by Gasteiger charge is 2.12. The van der Waals surface area contributed by atoms with Crippen molar-refractivity contribution in [1.82, 2.24) is 19.7 Å². The minimum Gasteiger partial charge on any atom is -0.465 e. The molecule has 0 saturated heterocycles. The quantitative estimate of drug-likeness (QED) is 0.712. The maximum Gasteiger partial charge on any atom is 0.411 e. The van der Waals surface area contributed by atoms with E-state index in [-0.39, 0.29) is 5.95 Å². The highest BCUT2D eigenvalue weighted by atomic mass is 32.2. The van der Waals surface area contributed by atoms with Gasteiger partial charge in [-0.2, -0.15) is 4.98 Å². The first-order valence-electron chi connectivity index (χ1n) is 6.00. The first-order chi connectivity index (χ1) is 10.1. The summed E-state index contributed by atoms with van der Waals surface area (Å²) in [7, 11) is 1.69. The number of fused-ring (bicyclic) bond motifs is 1. The van der Waals surface area contributed by atoms with E-state index < -0.39 is 6.09 Å². The number of carbonyl (C=O) groups is 1. The topological polar surface area (TPSA) is 106 Å². The Balaban J connectivity index is 1.72. The Kier molecular flexibility index (Phi) is 3.48. The van der Waals surface area contributed by atoms with E-state index in [1.807, 2.05) is 24.3 Å². The highest BCUT2D eigenvalue weighted by molar-refractivity contribution is 7.98. The van der Waals surface area contributed by atoms with E-state index >= 15 is 0 Å². The average Bonchev–Trinajstić information content (AvgIpc) is 2.98. The van der Waals surface area contributed by atoms with E-state index in [1.54, 1.807) is 7.05 Å². The number of benzene rings is 1. The number of nitrogens with one attached hydrogen (secondary N) is 1. The van der Waals surface area contributed by atoms with Gasteiger partial charge in [-0.25, -0.2) is 14.5 Å². The number of carboxylic acid groups (broad SMARTS) is 1. The lowest BCUT2D eigenvalue weighted by Gasteiger charge is -1.95. The number of aromatic nitrogens is 4. The van der Waals surface area contributed by atoms with Gasteiger partial charge in [0.15, 0.2) is 10.7 Å². The molecule has 3 rings (SSSR count). The molecule has 9 heteroatoms. The first kappa shape index (κ1) is 13.4. The van der Waals surface area contributed by atoms with Crippen molar-refractivity contribution in [1.29, 1.82) is 0 Å². The maximum atomic E-state index is 10.5. The highest BCUT2D eigenvalue weighted by Crippen LogP contribution is 2.23. The Morgan fingerprint density at radius 2 is 2.24 bits per heavy atom. The van der Waals surface area contributed by atoms with Crippen LogP contribution < -0.4 is 5.32 Å². The molecule has 2 aromatic heterocycles. The number of amides is 1. The summed E-state index contributed by atoms with van der Waals surface area (Å²) in [6.07, 6.45) is -1.20. The van der Waals surface area contributed by atoms with Crippen molar-refractivity contribution in [3.63, 3.8) is 0 Å². The van der Waals surface area contributed by atoms with Crippen LogP contribution in [0, 0.1) is 0 Å². The summed E-state index contributed by atoms with van der Waals surface area (Å²) in [4.78, 5) is 19.0. The van der Waals surface area contributed by atoms with Gasteiger partial charge in [0.1, 0.15) is 5.52 Å². The molecule has 0 aliphatic rings. The van der Waals surface area contributed by atoms with Crippen LogP contribution in [0.15, 0.2) is 33.8 Å². The molecule has 108 valence electrons. The molecule has 2 N–H and O–H groups in total. The van der Waals surface area contributed by atoms with Crippen LogP contribution in [0.25, 0.3) is 11.1 Å². The van der Waals surface area contributed by atoms with Crippen molar-refractivity contribution in [3.8, 4) is 0 Å². The van der Waals surface area contributed by atoms with Gasteiger partial charge < -0.3 is 9.52 Å². The van der Waals surface area contributed by atoms with Crippen molar-refractivity contribution in [3.05, 3.63) is 30.2 Å². The third-order valence-electron chi connectivity index (χ3n) is 2.60. The Morgan fingerprint density at radius 3 is 3.00 bits per heavy atom. The van der Waals surface area contributed by atoms with Crippen molar-refractivity contribution in [2.24, 2.45) is 7.05 Å². The molecule has 0 spiro atoms. The maximum absolute atomic E-state index is 10.5. The van der Waals surface area contributed by atoms with Crippen LogP contribution in [0.1, 0.15) is 5.89 Å². The van der Waals surface area contributed by atoms with E-state index in [0.29, 0.717) is 16.8 Å². The fourth-order valence-corrected chi connectivity index (χ4v) is 2.51. The second kappa shape index (κ2) is 5.44. The Hall–Kier alpha value is -2.55. The molecule has 1 aromatic carbocycles. The molecular formula is C12H11N5O3S. The summed E-state index contributed by atoms with van der Waals surface area (Å²) in [5.41, 5.74) is 1.54. The lowest BCUT2D eigenvalue weighted by molar-refractivity contribution is 0.209. The molecule has 0 atom stereocenters. The summed E-state index contributed by atoms with van der Waals surface area (Å²) < 4.78 is 7.10. The largest absolute Gasteiger partial charge is 0.465 e. The number of hydrogen-bond donors (Lipinski definition) is 2. The minimum atomic E-state index is -1.20. The van der Waals surface area contributed by atoms with Crippen LogP contribution in [0.3, 0.4) is 0 Å². The molecule has 8 nitrogen and oxygen atoms in total. The molecular weight excluding hydrogens is 294 g/mol. The smallest absolute Gasteiger partial charge is 0.411 e. The fourth-order valence-electron chi connectivity index (χ4n) is 1.75. The van der Waals surface area contributed by atoms with Gasteiger partial charge in [0.05, 0.1) is 5.75 Å². The Bertz CT molecular complexity index is 764. The van der Waals surface area contributed by atoms with Crippen LogP contribution in [-0.2, 0) is 12.8 Å². The summed E-state index contributed by atoms with van der Waals surface area (Å²) in [5, 5.41) is 15.2. The lowest BCUT2D eigenvalue weighted by Crippen LogP contribution is -2.08. The molecule has 0 fully saturated rings. The summed E-state index contributed by atoms with van der Waals surface area (Å²) >= 11 is 1.36. The summed E-state index contributed by atoms with van der Waals surface area (Å²) in [6.45, 7) is 0. The van der Waals surface area contributed by atoms with Gasteiger partial charge in [-0.1, -0.05) is 23.9 Å². The molecule has 3 aromatic rings. The zero-order valence-electron chi connectivity index (χ0n) is 11.0. The van der Waals surface area contributed by atoms with Gasteiger partial charge in [-0.05, 0) is 12.1 Å². The molecule has 0 aliphatic carbocycles. The molecule has 0 bridgehead atoms. The third-order valence-corrected chi connectivity index (χ3v) is 3.61. The average molecular weight is 305 g/mol. The van der Waals surface area contributed by atoms with Gasteiger partial charge >= 0.3 is 6.09 Å². The van der Waals surface area contributed by atoms with E-state index in [2.05, 4.69) is 20.4 Å². The van der Waals surface area contributed by atoms with Crippen molar-refractivity contribution >= 4 is 34.9 Å². The SMILES string of the molecule is Cn1nc(NC(=O)O)nc1SCc1nc2ccccc2o1. The van der Waals surface area contributed by atoms with E-state index in [1.165, 1.54) is 16.4 Å². The number of para-hydroxylation sites is 2. The second-order valence-electron chi connectivity index (χ2n) is 4.14. The lowest BCUT2D eigenvalue weighted by atomic mass is 10.3. The zero-order chi connectivity index (χ0) is 14.8. The number of thioether (sulfide) groups is 1. The van der Waals surface area contributed by atoms with Gasteiger partial charge in [-0.3, -0.25) is 5.32 Å². The van der Waals surface area contributed by atoms with Gasteiger partial charge in [-0.15, -0.1) is 5.10 Å². The Morgan fingerprint density at radius 1 is 1.43 bits per heavy atom. The predicted octanol–water partition coefficient (Wildman–Crippen LogP) is 2.34. The number of anilines is 1. The first-order valence-corrected chi connectivity index (χ1v) is 6.98. The normalized spacial score (nSPS) is 10.9. The van der Waals surface area contributed by atoms with E-state index in [9.17, 15) is 4.79 Å². The summed E-state index contributed by atoms with van der Waals surface area (Å²) in [5.74, 6) is 1.11. The molecule has 0 saturated carbocycles. The molecule has 0 radical (unpaired) electrons. The number of rotatable bonds is 4. The number of aryl methyl sites for hydroxylation is 1. The molecule has 1 amide bonds. The molecule has 0 aliphatic heterocycles. The van der Waals surface area contributed by atoms with Crippen molar-refractivity contribution < 1.29 is 14.3 Å². The molecule has 2 heterocycles. The second-order valence-corrected chi connectivity index (χ2v) is 5.08. The number of hydrogen-bond acceptors (Lipinski definition) is 6. The predicted molar refractivity (Wildman–Crippen MR) is 76.2 cm³/mol. The number of nitrogens with zero attached hydrogens (tertiary/aromatic N) is 4. The van der Waals surface area contributed by atoms with Crippen molar-refractivity contribution in [2.75, 3.05) is 5.32 Å². The third kappa shape index (κ3) is 2.97. The van der Waals surface area contributed by atoms with Crippen LogP contribution >= 0.6 is 11.8 Å². The zero-order valence-corrected chi connectivity index (χ0v) is 11.8. The van der Waals surface area contributed by atoms with Gasteiger partial charge in [0.25, 0.3) is 5.95 Å². The van der Waals surface area contributed by atoms with E-state index in [4.69, 9.17) is 9.52 Å². The van der Waals surface area contributed by atoms with Crippen LogP contribution in [0.5, 0.6) is 0 Å². The van der Waals surface area contributed by atoms with Crippen LogP contribution in [0.2, 0.25) is 0 Å². The molecule has 21 heavy (non-hydrogen) atoms. The van der Waals surface area contributed by atoms with Gasteiger partial charge in [0, 0.05) is 7.05 Å². The van der Waals surface area contributed by atoms with Crippen LogP contribution in [-0.4, -0.2) is 30.9 Å². The Labute approximate surface area is 123 Å². The molecule has 0 unspecified atom stereocenters.